The van der Waals surface area contributed by atoms with Crippen molar-refractivity contribution in [3.8, 4) is 10.6 Å². The van der Waals surface area contributed by atoms with Crippen molar-refractivity contribution in [3.05, 3.63) is 70.7 Å². The largest absolute Gasteiger partial charge is 0.459 e. The number of carbonyl (C=O) groups excluding carboxylic acids is 1. The fraction of sp³-hybridized carbons (Fsp3) is 0.238. The number of aromatic nitrogens is 1. The lowest BCUT2D eigenvalue weighted by molar-refractivity contribution is -0.146. The van der Waals surface area contributed by atoms with Crippen LogP contribution in [0.5, 0.6) is 0 Å². The van der Waals surface area contributed by atoms with Crippen LogP contribution in [0.15, 0.2) is 59.5 Å². The number of carbonyl (C=O) groups is 1. The van der Waals surface area contributed by atoms with Crippen LogP contribution in [0.2, 0.25) is 0 Å². The molecule has 1 aromatic heterocycles. The molecule has 0 aliphatic rings. The second-order valence-electron chi connectivity index (χ2n) is 6.66. The van der Waals surface area contributed by atoms with Crippen molar-refractivity contribution in [2.75, 3.05) is 0 Å². The minimum Gasteiger partial charge on any atom is -0.459 e. The first-order valence-electron chi connectivity index (χ1n) is 9.03. The van der Waals surface area contributed by atoms with Crippen molar-refractivity contribution >= 4 is 27.3 Å². The SMILES string of the molecule is Cc1ccc(S(=O)(=O)NC(C)C(=O)OCc2sc(-c3ccccc3)nc2C)cc1. The molecule has 0 fully saturated rings. The van der Waals surface area contributed by atoms with Gasteiger partial charge in [-0.05, 0) is 32.9 Å². The third-order valence-electron chi connectivity index (χ3n) is 4.28. The molecule has 3 aromatic rings. The molecule has 29 heavy (non-hydrogen) atoms. The smallest absolute Gasteiger partial charge is 0.324 e. The number of hydrogen-bond donors (Lipinski definition) is 1. The summed E-state index contributed by atoms with van der Waals surface area (Å²) in [7, 11) is -3.80. The molecule has 0 aliphatic carbocycles. The van der Waals surface area contributed by atoms with E-state index in [2.05, 4.69) is 9.71 Å². The predicted molar refractivity (Wildman–Crippen MR) is 113 cm³/mol. The number of nitrogens with one attached hydrogen (secondary N) is 1. The highest BCUT2D eigenvalue weighted by Crippen LogP contribution is 2.28. The maximum Gasteiger partial charge on any atom is 0.324 e. The molecule has 1 atom stereocenters. The van der Waals surface area contributed by atoms with E-state index in [4.69, 9.17) is 4.74 Å². The number of benzene rings is 2. The van der Waals surface area contributed by atoms with Gasteiger partial charge in [-0.1, -0.05) is 48.0 Å². The van der Waals surface area contributed by atoms with Crippen LogP contribution >= 0.6 is 11.3 Å². The first kappa shape index (κ1) is 21.2. The Labute approximate surface area is 174 Å². The van der Waals surface area contributed by atoms with Gasteiger partial charge in [0.2, 0.25) is 10.0 Å². The molecule has 8 heteroatoms. The maximum atomic E-state index is 12.4. The molecule has 0 spiro atoms. The number of thiazole rings is 1. The van der Waals surface area contributed by atoms with Crippen LogP contribution in [-0.4, -0.2) is 25.4 Å². The Balaban J connectivity index is 1.62. The molecule has 1 unspecified atom stereocenters. The summed E-state index contributed by atoms with van der Waals surface area (Å²) in [5.41, 5.74) is 2.73. The number of hydrogen-bond acceptors (Lipinski definition) is 6. The monoisotopic (exact) mass is 430 g/mol. The molecular formula is C21H22N2O4S2. The molecule has 0 amide bonds. The molecule has 1 N–H and O–H groups in total. The number of aryl methyl sites for hydroxylation is 2. The van der Waals surface area contributed by atoms with E-state index in [1.807, 2.05) is 44.2 Å². The zero-order valence-corrected chi connectivity index (χ0v) is 18.0. The maximum absolute atomic E-state index is 12.4. The summed E-state index contributed by atoms with van der Waals surface area (Å²) in [5.74, 6) is -0.644. The Morgan fingerprint density at radius 1 is 1.10 bits per heavy atom. The van der Waals surface area contributed by atoms with Crippen LogP contribution in [0.3, 0.4) is 0 Å². The zero-order chi connectivity index (χ0) is 21.0. The van der Waals surface area contributed by atoms with Crippen molar-refractivity contribution < 1.29 is 17.9 Å². The summed E-state index contributed by atoms with van der Waals surface area (Å²) in [6, 6.07) is 15.1. The highest BCUT2D eigenvalue weighted by atomic mass is 32.2. The van der Waals surface area contributed by atoms with E-state index in [1.54, 1.807) is 12.1 Å². The van der Waals surface area contributed by atoms with Crippen molar-refractivity contribution in [2.24, 2.45) is 0 Å². The summed E-state index contributed by atoms with van der Waals surface area (Å²) in [4.78, 5) is 17.8. The van der Waals surface area contributed by atoms with E-state index >= 15 is 0 Å². The molecule has 6 nitrogen and oxygen atoms in total. The van der Waals surface area contributed by atoms with Gasteiger partial charge in [0.25, 0.3) is 0 Å². The van der Waals surface area contributed by atoms with Gasteiger partial charge in [0, 0.05) is 5.56 Å². The second kappa shape index (κ2) is 8.86. The molecule has 152 valence electrons. The Morgan fingerprint density at radius 3 is 2.41 bits per heavy atom. The fourth-order valence-electron chi connectivity index (χ4n) is 2.59. The lowest BCUT2D eigenvalue weighted by Gasteiger charge is -2.13. The Bertz CT molecular complexity index is 1090. The van der Waals surface area contributed by atoms with Crippen molar-refractivity contribution in [2.45, 2.75) is 38.3 Å². The predicted octanol–water partition coefficient (Wildman–Crippen LogP) is 3.84. The Kier molecular flexibility index (Phi) is 6.46. The summed E-state index contributed by atoms with van der Waals surface area (Å²) in [6.07, 6.45) is 0. The summed E-state index contributed by atoms with van der Waals surface area (Å²) in [5, 5.41) is 0.849. The summed E-state index contributed by atoms with van der Waals surface area (Å²) in [6.45, 7) is 5.23. The first-order chi connectivity index (χ1) is 13.8. The van der Waals surface area contributed by atoms with E-state index < -0.39 is 22.0 Å². The van der Waals surface area contributed by atoms with Gasteiger partial charge in [0.1, 0.15) is 17.7 Å². The van der Waals surface area contributed by atoms with Crippen LogP contribution in [0.4, 0.5) is 0 Å². The van der Waals surface area contributed by atoms with Crippen molar-refractivity contribution in [1.82, 2.24) is 9.71 Å². The minimum absolute atomic E-state index is 0.0474. The van der Waals surface area contributed by atoms with E-state index in [0.29, 0.717) is 0 Å². The molecular weight excluding hydrogens is 408 g/mol. The lowest BCUT2D eigenvalue weighted by atomic mass is 10.2. The fourth-order valence-corrected chi connectivity index (χ4v) is 4.77. The standard InChI is InChI=1S/C21H22N2O4S2/c1-14-9-11-18(12-10-14)29(25,26)23-16(3)21(24)27-13-19-15(2)22-20(28-19)17-7-5-4-6-8-17/h4-12,16,23H,13H2,1-3H3. The second-order valence-corrected chi connectivity index (χ2v) is 9.45. The quantitative estimate of drug-likeness (QED) is 0.576. The van der Waals surface area contributed by atoms with Crippen LogP contribution in [0.25, 0.3) is 10.6 Å². The molecule has 2 aromatic carbocycles. The summed E-state index contributed by atoms with van der Waals surface area (Å²) < 4.78 is 32.5. The molecule has 0 saturated heterocycles. The number of rotatable bonds is 7. The minimum atomic E-state index is -3.80. The number of esters is 1. The molecule has 1 heterocycles. The third kappa shape index (κ3) is 5.29. The van der Waals surface area contributed by atoms with Gasteiger partial charge in [-0.15, -0.1) is 11.3 Å². The molecule has 3 rings (SSSR count). The highest BCUT2D eigenvalue weighted by molar-refractivity contribution is 7.89. The van der Waals surface area contributed by atoms with Crippen LogP contribution in [0.1, 0.15) is 23.1 Å². The van der Waals surface area contributed by atoms with E-state index in [0.717, 1.165) is 26.7 Å². The van der Waals surface area contributed by atoms with Gasteiger partial charge in [-0.2, -0.15) is 4.72 Å². The van der Waals surface area contributed by atoms with Crippen LogP contribution in [-0.2, 0) is 26.2 Å². The van der Waals surface area contributed by atoms with Crippen LogP contribution in [0, 0.1) is 13.8 Å². The lowest BCUT2D eigenvalue weighted by Crippen LogP contribution is -2.39. The van der Waals surface area contributed by atoms with E-state index in [-0.39, 0.29) is 11.5 Å². The van der Waals surface area contributed by atoms with Crippen molar-refractivity contribution in [1.29, 1.82) is 0 Å². The molecule has 0 aliphatic heterocycles. The number of ether oxygens (including phenoxy) is 1. The first-order valence-corrected chi connectivity index (χ1v) is 11.3. The zero-order valence-electron chi connectivity index (χ0n) is 16.4. The van der Waals surface area contributed by atoms with E-state index in [9.17, 15) is 13.2 Å². The van der Waals surface area contributed by atoms with Gasteiger partial charge < -0.3 is 4.74 Å². The average molecular weight is 431 g/mol. The molecule has 0 bridgehead atoms. The van der Waals surface area contributed by atoms with E-state index in [1.165, 1.54) is 30.4 Å². The number of sulfonamides is 1. The van der Waals surface area contributed by atoms with Crippen molar-refractivity contribution in [3.63, 3.8) is 0 Å². The highest BCUT2D eigenvalue weighted by Gasteiger charge is 2.23. The van der Waals surface area contributed by atoms with Gasteiger partial charge in [0.05, 0.1) is 15.5 Å². The summed E-state index contributed by atoms with van der Waals surface area (Å²) >= 11 is 1.45. The molecule has 0 saturated carbocycles. The number of nitrogens with zero attached hydrogens (tertiary/aromatic N) is 1. The normalized spacial score (nSPS) is 12.5. The van der Waals surface area contributed by atoms with Gasteiger partial charge >= 0.3 is 5.97 Å². The topological polar surface area (TPSA) is 85.4 Å². The van der Waals surface area contributed by atoms with Gasteiger partial charge in [0.15, 0.2) is 0 Å². The Morgan fingerprint density at radius 2 is 1.76 bits per heavy atom. The van der Waals surface area contributed by atoms with Crippen LogP contribution < -0.4 is 4.72 Å². The average Bonchev–Trinajstić information content (AvgIpc) is 3.07. The molecule has 0 radical (unpaired) electrons. The third-order valence-corrected chi connectivity index (χ3v) is 7.01. The Hall–Kier alpha value is -2.55. The van der Waals surface area contributed by atoms with Gasteiger partial charge in [-0.25, -0.2) is 13.4 Å². The van der Waals surface area contributed by atoms with Gasteiger partial charge in [-0.3, -0.25) is 4.79 Å².